The maximum absolute atomic E-state index is 9.85. The molecule has 0 fully saturated rings. The molecule has 94 valence electrons. The Morgan fingerprint density at radius 3 is 2.21 bits per heavy atom. The Morgan fingerprint density at radius 1 is 0.737 bits per heavy atom. The number of nitrogens with one attached hydrogen (secondary N) is 1. The highest BCUT2D eigenvalue weighted by Gasteiger charge is 2.04. The van der Waals surface area contributed by atoms with Crippen LogP contribution in [0.15, 0.2) is 66.7 Å². The molecule has 2 nitrogen and oxygen atoms in total. The van der Waals surface area contributed by atoms with Gasteiger partial charge in [0.1, 0.15) is 5.75 Å². The summed E-state index contributed by atoms with van der Waals surface area (Å²) >= 11 is 0. The molecule has 0 aliphatic rings. The van der Waals surface area contributed by atoms with Crippen molar-refractivity contribution >= 4 is 16.5 Å². The van der Waals surface area contributed by atoms with Gasteiger partial charge in [-0.2, -0.15) is 0 Å². The Bertz CT molecular complexity index is 692. The van der Waals surface area contributed by atoms with Crippen LogP contribution in [0.4, 0.5) is 5.69 Å². The molecule has 3 aromatic rings. The Morgan fingerprint density at radius 2 is 1.42 bits per heavy atom. The van der Waals surface area contributed by atoms with Gasteiger partial charge >= 0.3 is 0 Å². The molecule has 0 bridgehead atoms. The van der Waals surface area contributed by atoms with Crippen LogP contribution in [0.3, 0.4) is 0 Å². The molecular formula is C17H15NO. The summed E-state index contributed by atoms with van der Waals surface area (Å²) in [6.45, 7) is 0.773. The van der Waals surface area contributed by atoms with E-state index in [9.17, 15) is 5.11 Å². The van der Waals surface area contributed by atoms with Gasteiger partial charge in [-0.25, -0.2) is 0 Å². The van der Waals surface area contributed by atoms with E-state index in [-0.39, 0.29) is 0 Å². The molecule has 0 saturated carbocycles. The number of phenols is 1. The summed E-state index contributed by atoms with van der Waals surface area (Å²) in [4.78, 5) is 0. The lowest BCUT2D eigenvalue weighted by atomic mass is 10.1. The quantitative estimate of drug-likeness (QED) is 0.683. The summed E-state index contributed by atoms with van der Waals surface area (Å²) in [7, 11) is 0. The summed E-state index contributed by atoms with van der Waals surface area (Å²) in [6.07, 6.45) is 0. The van der Waals surface area contributed by atoms with Crippen molar-refractivity contribution in [1.82, 2.24) is 0 Å². The summed E-state index contributed by atoms with van der Waals surface area (Å²) in [5.41, 5.74) is 2.27. The zero-order chi connectivity index (χ0) is 13.1. The fourth-order valence-corrected chi connectivity index (χ4v) is 2.23. The Balaban J connectivity index is 1.91. The number of phenolic OH excluding ortho intramolecular Hbond substituents is 1. The number of rotatable bonds is 3. The van der Waals surface area contributed by atoms with Gasteiger partial charge in [0, 0.05) is 23.0 Å². The normalized spacial score (nSPS) is 10.5. The Kier molecular flexibility index (Phi) is 3.07. The predicted octanol–water partition coefficient (Wildman–Crippen LogP) is 4.16. The van der Waals surface area contributed by atoms with Crippen molar-refractivity contribution in [2.75, 3.05) is 5.32 Å². The van der Waals surface area contributed by atoms with Crippen molar-refractivity contribution in [1.29, 1.82) is 0 Å². The van der Waals surface area contributed by atoms with E-state index < -0.39 is 0 Å². The average Bonchev–Trinajstić information content (AvgIpc) is 2.48. The molecular weight excluding hydrogens is 234 g/mol. The second kappa shape index (κ2) is 5.02. The maximum Gasteiger partial charge on any atom is 0.123 e. The lowest BCUT2D eigenvalue weighted by Crippen LogP contribution is -1.99. The predicted molar refractivity (Wildman–Crippen MR) is 79.4 cm³/mol. The van der Waals surface area contributed by atoms with E-state index in [2.05, 4.69) is 17.4 Å². The molecule has 2 heteroatoms. The fourth-order valence-electron chi connectivity index (χ4n) is 2.23. The van der Waals surface area contributed by atoms with Crippen molar-refractivity contribution in [3.63, 3.8) is 0 Å². The minimum atomic E-state index is 0.320. The van der Waals surface area contributed by atoms with E-state index in [1.54, 1.807) is 6.07 Å². The first kappa shape index (κ1) is 11.6. The molecule has 0 aromatic heterocycles. The third-order valence-electron chi connectivity index (χ3n) is 3.23. The van der Waals surface area contributed by atoms with Gasteiger partial charge in [0.05, 0.1) is 0 Å². The maximum atomic E-state index is 9.85. The third-order valence-corrected chi connectivity index (χ3v) is 3.23. The molecule has 0 aliphatic carbocycles. The minimum absolute atomic E-state index is 0.320. The van der Waals surface area contributed by atoms with Gasteiger partial charge in [-0.3, -0.25) is 0 Å². The number of hydrogen-bond acceptors (Lipinski definition) is 2. The molecule has 0 atom stereocenters. The molecule has 0 spiro atoms. The molecule has 0 saturated heterocycles. The molecule has 0 radical (unpaired) electrons. The lowest BCUT2D eigenvalue weighted by Gasteiger charge is -2.11. The summed E-state index contributed by atoms with van der Waals surface area (Å²) in [6, 6.07) is 21.8. The molecule has 0 unspecified atom stereocenters. The average molecular weight is 249 g/mol. The molecule has 0 aliphatic heterocycles. The fraction of sp³-hybridized carbons (Fsp3) is 0.0588. The van der Waals surface area contributed by atoms with Crippen LogP contribution in [0, 0.1) is 0 Å². The van der Waals surface area contributed by atoms with Crippen LogP contribution in [0.25, 0.3) is 10.8 Å². The zero-order valence-corrected chi connectivity index (χ0v) is 10.5. The van der Waals surface area contributed by atoms with Crippen LogP contribution in [0.2, 0.25) is 0 Å². The zero-order valence-electron chi connectivity index (χ0n) is 10.5. The van der Waals surface area contributed by atoms with Crippen LogP contribution in [-0.4, -0.2) is 5.11 Å². The summed E-state index contributed by atoms with van der Waals surface area (Å²) < 4.78 is 0. The van der Waals surface area contributed by atoms with Gasteiger partial charge in [0.25, 0.3) is 0 Å². The monoisotopic (exact) mass is 249 g/mol. The van der Waals surface area contributed by atoms with E-state index in [4.69, 9.17) is 0 Å². The van der Waals surface area contributed by atoms with Crippen molar-refractivity contribution in [2.45, 2.75) is 6.54 Å². The first-order chi connectivity index (χ1) is 9.34. The standard InChI is InChI=1S/C17H15NO/c19-17-11-10-16(14-8-4-5-9-15(14)17)18-12-13-6-2-1-3-7-13/h1-11,18-19H,12H2. The van der Waals surface area contributed by atoms with Crippen LogP contribution in [-0.2, 0) is 6.54 Å². The molecule has 0 heterocycles. The molecule has 0 amide bonds. The summed E-state index contributed by atoms with van der Waals surface area (Å²) in [5.74, 6) is 0.320. The number of benzene rings is 3. The van der Waals surface area contributed by atoms with Crippen LogP contribution < -0.4 is 5.32 Å². The molecule has 19 heavy (non-hydrogen) atoms. The topological polar surface area (TPSA) is 32.3 Å². The SMILES string of the molecule is Oc1ccc(NCc2ccccc2)c2ccccc12. The summed E-state index contributed by atoms with van der Waals surface area (Å²) in [5, 5.41) is 15.2. The Hall–Kier alpha value is -2.48. The largest absolute Gasteiger partial charge is 0.507 e. The smallest absolute Gasteiger partial charge is 0.123 e. The lowest BCUT2D eigenvalue weighted by molar-refractivity contribution is 0.481. The molecule has 3 rings (SSSR count). The van der Waals surface area contributed by atoms with Crippen LogP contribution in [0.5, 0.6) is 5.75 Å². The van der Waals surface area contributed by atoms with E-state index >= 15 is 0 Å². The van der Waals surface area contributed by atoms with Crippen molar-refractivity contribution < 1.29 is 5.11 Å². The number of hydrogen-bond donors (Lipinski definition) is 2. The molecule has 3 aromatic carbocycles. The van der Waals surface area contributed by atoms with E-state index in [0.29, 0.717) is 5.75 Å². The highest BCUT2D eigenvalue weighted by atomic mass is 16.3. The van der Waals surface area contributed by atoms with Gasteiger partial charge in [-0.05, 0) is 17.7 Å². The van der Waals surface area contributed by atoms with Gasteiger partial charge in [-0.1, -0.05) is 54.6 Å². The minimum Gasteiger partial charge on any atom is -0.507 e. The molecule has 2 N–H and O–H groups in total. The third kappa shape index (κ3) is 2.38. The second-order valence-electron chi connectivity index (χ2n) is 4.52. The van der Waals surface area contributed by atoms with Gasteiger partial charge < -0.3 is 10.4 Å². The number of fused-ring (bicyclic) bond motifs is 1. The van der Waals surface area contributed by atoms with Gasteiger partial charge in [0.2, 0.25) is 0 Å². The van der Waals surface area contributed by atoms with Gasteiger partial charge in [0.15, 0.2) is 0 Å². The van der Waals surface area contributed by atoms with Crippen molar-refractivity contribution in [3.8, 4) is 5.75 Å². The van der Waals surface area contributed by atoms with Crippen LogP contribution >= 0.6 is 0 Å². The number of anilines is 1. The van der Waals surface area contributed by atoms with Gasteiger partial charge in [-0.15, -0.1) is 0 Å². The van der Waals surface area contributed by atoms with E-state index in [1.807, 2.05) is 48.5 Å². The van der Waals surface area contributed by atoms with E-state index in [0.717, 1.165) is 23.0 Å². The number of aromatic hydroxyl groups is 1. The first-order valence-corrected chi connectivity index (χ1v) is 6.33. The first-order valence-electron chi connectivity index (χ1n) is 6.33. The second-order valence-corrected chi connectivity index (χ2v) is 4.52. The highest BCUT2D eigenvalue weighted by Crippen LogP contribution is 2.30. The van der Waals surface area contributed by atoms with Crippen LogP contribution in [0.1, 0.15) is 5.56 Å². The van der Waals surface area contributed by atoms with E-state index in [1.165, 1.54) is 5.56 Å². The Labute approximate surface area is 112 Å². The van der Waals surface area contributed by atoms with Crippen molar-refractivity contribution in [2.24, 2.45) is 0 Å². The highest BCUT2D eigenvalue weighted by molar-refractivity contribution is 5.97. The van der Waals surface area contributed by atoms with Crippen molar-refractivity contribution in [3.05, 3.63) is 72.3 Å².